The molecule has 4 rings (SSSR count). The fourth-order valence-electron chi connectivity index (χ4n) is 3.66. The predicted molar refractivity (Wildman–Crippen MR) is 129 cm³/mol. The molecule has 3 heterocycles. The van der Waals surface area contributed by atoms with Crippen LogP contribution >= 0.6 is 22.7 Å². The molecule has 9 heteroatoms. The van der Waals surface area contributed by atoms with E-state index in [0.29, 0.717) is 32.1 Å². The van der Waals surface area contributed by atoms with Gasteiger partial charge in [0.15, 0.2) is 4.80 Å². The number of fused-ring (bicyclic) bond motifs is 1. The summed E-state index contributed by atoms with van der Waals surface area (Å²) in [6, 6.07) is 8.64. The van der Waals surface area contributed by atoms with Crippen LogP contribution in [0.15, 0.2) is 56.8 Å². The summed E-state index contributed by atoms with van der Waals surface area (Å²) in [7, 11) is 3.15. The molecule has 0 spiro atoms. The molecule has 7 nitrogen and oxygen atoms in total. The Labute approximate surface area is 198 Å². The molecule has 0 saturated heterocycles. The molecule has 2 aromatic heterocycles. The van der Waals surface area contributed by atoms with Gasteiger partial charge in [0.1, 0.15) is 17.5 Å². The van der Waals surface area contributed by atoms with Gasteiger partial charge in [0.25, 0.3) is 5.56 Å². The van der Waals surface area contributed by atoms with Gasteiger partial charge in [-0.2, -0.15) is 0 Å². The number of hydrogen-bond acceptors (Lipinski definition) is 8. The van der Waals surface area contributed by atoms with Crippen molar-refractivity contribution in [3.8, 4) is 11.5 Å². The molecule has 172 valence electrons. The number of methoxy groups -OCH3 is 2. The Morgan fingerprint density at radius 1 is 1.21 bits per heavy atom. The molecule has 0 amide bonds. The highest BCUT2D eigenvalue weighted by molar-refractivity contribution is 7.10. The molecule has 0 bridgehead atoms. The first kappa shape index (κ1) is 23.0. The number of carbonyl (C=O) groups is 1. The van der Waals surface area contributed by atoms with Crippen LogP contribution in [-0.4, -0.2) is 30.9 Å². The van der Waals surface area contributed by atoms with Crippen molar-refractivity contribution in [3.05, 3.63) is 77.1 Å². The minimum atomic E-state index is -0.590. The zero-order valence-electron chi connectivity index (χ0n) is 18.9. The van der Waals surface area contributed by atoms with Gasteiger partial charge >= 0.3 is 5.97 Å². The van der Waals surface area contributed by atoms with Gasteiger partial charge in [-0.25, -0.2) is 9.79 Å². The van der Waals surface area contributed by atoms with E-state index in [1.807, 2.05) is 29.6 Å². The Morgan fingerprint density at radius 2 is 2.00 bits per heavy atom. The van der Waals surface area contributed by atoms with Crippen molar-refractivity contribution in [2.75, 3.05) is 14.2 Å². The number of thiophene rings is 1. The number of aromatic nitrogens is 1. The summed E-state index contributed by atoms with van der Waals surface area (Å²) in [5.41, 5.74) is 1.45. The lowest BCUT2D eigenvalue weighted by atomic mass is 10.0. The predicted octanol–water partition coefficient (Wildman–Crippen LogP) is 3.27. The Balaban J connectivity index is 1.91. The van der Waals surface area contributed by atoms with E-state index in [1.54, 1.807) is 51.7 Å². The highest BCUT2D eigenvalue weighted by Crippen LogP contribution is 2.33. The van der Waals surface area contributed by atoms with E-state index in [4.69, 9.17) is 14.2 Å². The number of nitrogens with zero attached hydrogens (tertiary/aromatic N) is 2. The van der Waals surface area contributed by atoms with E-state index in [9.17, 15) is 9.59 Å². The average molecular weight is 485 g/mol. The number of thiazole rings is 1. The Morgan fingerprint density at radius 3 is 2.64 bits per heavy atom. The minimum Gasteiger partial charge on any atom is -0.497 e. The molecule has 0 radical (unpaired) electrons. The highest BCUT2D eigenvalue weighted by atomic mass is 32.1. The zero-order valence-corrected chi connectivity index (χ0v) is 20.6. The van der Waals surface area contributed by atoms with E-state index in [1.165, 1.54) is 22.7 Å². The SMILES string of the molecule is COc1ccc(/C=c2\sc3n(c2=O)C(c2cccs2)C(C(=O)OC(C)C)=C(C)N=3)c(OC)c1. The van der Waals surface area contributed by atoms with Crippen LogP contribution < -0.4 is 24.4 Å². The van der Waals surface area contributed by atoms with Crippen molar-refractivity contribution in [2.24, 2.45) is 4.99 Å². The van der Waals surface area contributed by atoms with Crippen LogP contribution in [0.4, 0.5) is 0 Å². The number of allylic oxidation sites excluding steroid dienone is 1. The number of hydrogen-bond donors (Lipinski definition) is 0. The lowest BCUT2D eigenvalue weighted by Crippen LogP contribution is -2.39. The van der Waals surface area contributed by atoms with Gasteiger partial charge in [-0.05, 0) is 50.4 Å². The van der Waals surface area contributed by atoms with Crippen LogP contribution in [0.5, 0.6) is 11.5 Å². The minimum absolute atomic E-state index is 0.225. The zero-order chi connectivity index (χ0) is 23.7. The average Bonchev–Trinajstić information content (AvgIpc) is 3.41. The topological polar surface area (TPSA) is 79.1 Å². The maximum Gasteiger partial charge on any atom is 0.338 e. The van der Waals surface area contributed by atoms with E-state index >= 15 is 0 Å². The molecule has 3 aromatic rings. The van der Waals surface area contributed by atoms with Crippen LogP contribution in [0.3, 0.4) is 0 Å². The second-order valence-electron chi connectivity index (χ2n) is 7.66. The monoisotopic (exact) mass is 484 g/mol. The first-order valence-corrected chi connectivity index (χ1v) is 12.0. The quantitative estimate of drug-likeness (QED) is 0.502. The fraction of sp³-hybridized carbons (Fsp3) is 0.292. The summed E-state index contributed by atoms with van der Waals surface area (Å²) in [6.07, 6.45) is 1.49. The number of esters is 1. The number of carbonyl (C=O) groups excluding carboxylic acids is 1. The van der Waals surface area contributed by atoms with Crippen LogP contribution in [0, 0.1) is 0 Å². The van der Waals surface area contributed by atoms with Crippen molar-refractivity contribution in [1.82, 2.24) is 4.57 Å². The van der Waals surface area contributed by atoms with Gasteiger partial charge in [-0.15, -0.1) is 11.3 Å². The molecule has 0 N–H and O–H groups in total. The first-order chi connectivity index (χ1) is 15.8. The second-order valence-corrected chi connectivity index (χ2v) is 9.65. The molecule has 0 saturated carbocycles. The Bertz CT molecular complexity index is 1400. The van der Waals surface area contributed by atoms with E-state index in [-0.39, 0.29) is 11.7 Å². The van der Waals surface area contributed by atoms with Crippen LogP contribution in [0.2, 0.25) is 0 Å². The van der Waals surface area contributed by atoms with E-state index in [2.05, 4.69) is 4.99 Å². The molecule has 1 atom stereocenters. The summed E-state index contributed by atoms with van der Waals surface area (Å²) in [5, 5.41) is 1.92. The summed E-state index contributed by atoms with van der Waals surface area (Å²) in [6.45, 7) is 5.37. The van der Waals surface area contributed by atoms with Crippen molar-refractivity contribution < 1.29 is 19.0 Å². The molecule has 0 fully saturated rings. The van der Waals surface area contributed by atoms with E-state index < -0.39 is 12.0 Å². The second kappa shape index (κ2) is 9.36. The largest absolute Gasteiger partial charge is 0.497 e. The summed E-state index contributed by atoms with van der Waals surface area (Å²) >= 11 is 2.76. The number of benzene rings is 1. The summed E-state index contributed by atoms with van der Waals surface area (Å²) in [5.74, 6) is 0.787. The fourth-order valence-corrected chi connectivity index (χ4v) is 5.52. The molecule has 1 aliphatic rings. The highest BCUT2D eigenvalue weighted by Gasteiger charge is 2.34. The smallest absolute Gasteiger partial charge is 0.338 e. The maximum absolute atomic E-state index is 13.6. The lowest BCUT2D eigenvalue weighted by molar-refractivity contribution is -0.143. The maximum atomic E-state index is 13.6. The molecule has 1 unspecified atom stereocenters. The van der Waals surface area contributed by atoms with Crippen LogP contribution in [0.25, 0.3) is 6.08 Å². The van der Waals surface area contributed by atoms with Gasteiger partial charge in [0.05, 0.1) is 36.1 Å². The third-order valence-electron chi connectivity index (χ3n) is 5.12. The number of ether oxygens (including phenoxy) is 3. The van der Waals surface area contributed by atoms with Crippen LogP contribution in [-0.2, 0) is 9.53 Å². The Hall–Kier alpha value is -3.17. The molecular formula is C24H24N2O5S2. The normalized spacial score (nSPS) is 15.9. The van der Waals surface area contributed by atoms with Gasteiger partial charge in [0, 0.05) is 16.5 Å². The van der Waals surface area contributed by atoms with Gasteiger partial charge in [0.2, 0.25) is 0 Å². The molecule has 1 aliphatic heterocycles. The third-order valence-corrected chi connectivity index (χ3v) is 7.03. The lowest BCUT2D eigenvalue weighted by Gasteiger charge is -2.24. The Kier molecular flexibility index (Phi) is 6.53. The summed E-state index contributed by atoms with van der Waals surface area (Å²) in [4.78, 5) is 32.6. The number of rotatable bonds is 6. The van der Waals surface area contributed by atoms with Crippen molar-refractivity contribution in [2.45, 2.75) is 32.9 Å². The molecular weight excluding hydrogens is 460 g/mol. The molecule has 0 aliphatic carbocycles. The van der Waals surface area contributed by atoms with Crippen LogP contribution in [0.1, 0.15) is 37.3 Å². The van der Waals surface area contributed by atoms with Crippen molar-refractivity contribution in [3.63, 3.8) is 0 Å². The molecule has 33 heavy (non-hydrogen) atoms. The molecule has 1 aromatic carbocycles. The van der Waals surface area contributed by atoms with Gasteiger partial charge in [-0.3, -0.25) is 9.36 Å². The van der Waals surface area contributed by atoms with Crippen molar-refractivity contribution in [1.29, 1.82) is 0 Å². The standard InChI is InChI=1S/C24H24N2O5S2/c1-13(2)31-23(28)20-14(3)25-24-26(21(20)18-7-6-10-32-18)22(27)19(33-24)11-15-8-9-16(29-4)12-17(15)30-5/h6-13,21H,1-5H3/b19-11-. The van der Waals surface area contributed by atoms with Gasteiger partial charge in [-0.1, -0.05) is 17.4 Å². The van der Waals surface area contributed by atoms with Crippen molar-refractivity contribution >= 4 is 34.7 Å². The third kappa shape index (κ3) is 4.38. The first-order valence-electron chi connectivity index (χ1n) is 10.3. The van der Waals surface area contributed by atoms with E-state index in [0.717, 1.165) is 10.4 Å². The summed E-state index contributed by atoms with van der Waals surface area (Å²) < 4.78 is 18.3. The van der Waals surface area contributed by atoms with Gasteiger partial charge < -0.3 is 14.2 Å².